The van der Waals surface area contributed by atoms with Crippen molar-refractivity contribution >= 4 is 11.8 Å². The van der Waals surface area contributed by atoms with Crippen molar-refractivity contribution in [2.75, 3.05) is 5.75 Å². The van der Waals surface area contributed by atoms with Crippen molar-refractivity contribution in [3.63, 3.8) is 0 Å². The second-order valence-corrected chi connectivity index (χ2v) is 8.35. The Labute approximate surface area is 117 Å². The van der Waals surface area contributed by atoms with Gasteiger partial charge in [-0.3, -0.25) is 0 Å². The summed E-state index contributed by atoms with van der Waals surface area (Å²) >= 11 is 2.18. The summed E-state index contributed by atoms with van der Waals surface area (Å²) in [7, 11) is 0. The number of rotatable bonds is 4. The third-order valence-corrected chi connectivity index (χ3v) is 6.98. The minimum absolute atomic E-state index is 0.744. The number of nitrogens with one attached hydrogen (secondary N) is 1. The largest absolute Gasteiger partial charge is 0.311 e. The standard InChI is InChI=1S/C16H29NS/c1-2-18-14-7-6-13(12-14)17-15-8-11-16(15)9-4-3-5-10-16/h13-15,17H,2-12H2,1H3. The molecule has 18 heavy (non-hydrogen) atoms. The lowest BCUT2D eigenvalue weighted by Crippen LogP contribution is -2.56. The zero-order chi connectivity index (χ0) is 12.4. The van der Waals surface area contributed by atoms with Crippen LogP contribution in [-0.2, 0) is 0 Å². The molecule has 3 fully saturated rings. The van der Waals surface area contributed by atoms with E-state index in [9.17, 15) is 0 Å². The minimum Gasteiger partial charge on any atom is -0.311 e. The summed E-state index contributed by atoms with van der Waals surface area (Å²) in [5.41, 5.74) is 0.744. The fourth-order valence-electron chi connectivity index (χ4n) is 4.57. The molecule has 3 saturated carbocycles. The number of hydrogen-bond acceptors (Lipinski definition) is 2. The molecular weight excluding hydrogens is 238 g/mol. The molecule has 104 valence electrons. The monoisotopic (exact) mass is 267 g/mol. The van der Waals surface area contributed by atoms with Crippen molar-refractivity contribution in [2.24, 2.45) is 5.41 Å². The van der Waals surface area contributed by atoms with Crippen LogP contribution >= 0.6 is 11.8 Å². The Morgan fingerprint density at radius 3 is 2.56 bits per heavy atom. The van der Waals surface area contributed by atoms with Crippen LogP contribution in [0.4, 0.5) is 0 Å². The molecule has 0 aromatic heterocycles. The Kier molecular flexibility index (Phi) is 4.25. The quantitative estimate of drug-likeness (QED) is 0.812. The predicted molar refractivity (Wildman–Crippen MR) is 81.2 cm³/mol. The second-order valence-electron chi connectivity index (χ2n) is 6.77. The molecular formula is C16H29NS. The fraction of sp³-hybridized carbons (Fsp3) is 1.00. The first-order valence-corrected chi connectivity index (χ1v) is 9.25. The zero-order valence-electron chi connectivity index (χ0n) is 11.9. The lowest BCUT2D eigenvalue weighted by atomic mass is 9.57. The van der Waals surface area contributed by atoms with Gasteiger partial charge in [0.25, 0.3) is 0 Å². The van der Waals surface area contributed by atoms with E-state index in [0.29, 0.717) is 0 Å². The lowest BCUT2D eigenvalue weighted by molar-refractivity contribution is 0.0169. The van der Waals surface area contributed by atoms with E-state index in [1.165, 1.54) is 70.0 Å². The van der Waals surface area contributed by atoms with Crippen molar-refractivity contribution in [3.8, 4) is 0 Å². The maximum atomic E-state index is 4.05. The first-order valence-electron chi connectivity index (χ1n) is 8.20. The summed E-state index contributed by atoms with van der Waals surface area (Å²) in [6.07, 6.45) is 14.8. The van der Waals surface area contributed by atoms with Gasteiger partial charge in [0, 0.05) is 17.3 Å². The molecule has 0 aliphatic heterocycles. The first kappa shape index (κ1) is 13.3. The maximum absolute atomic E-state index is 4.05. The number of thioether (sulfide) groups is 1. The molecule has 3 aliphatic rings. The van der Waals surface area contributed by atoms with E-state index in [1.807, 2.05) is 0 Å². The highest BCUT2D eigenvalue weighted by Crippen LogP contribution is 2.52. The van der Waals surface area contributed by atoms with Crippen molar-refractivity contribution in [1.82, 2.24) is 5.32 Å². The Hall–Kier alpha value is 0.310. The van der Waals surface area contributed by atoms with Crippen LogP contribution in [0.2, 0.25) is 0 Å². The molecule has 0 saturated heterocycles. The molecule has 3 atom stereocenters. The highest BCUT2D eigenvalue weighted by atomic mass is 32.2. The van der Waals surface area contributed by atoms with E-state index in [4.69, 9.17) is 0 Å². The third-order valence-electron chi connectivity index (χ3n) is 5.74. The van der Waals surface area contributed by atoms with Gasteiger partial charge >= 0.3 is 0 Å². The van der Waals surface area contributed by atoms with Crippen LogP contribution in [0.3, 0.4) is 0 Å². The van der Waals surface area contributed by atoms with E-state index >= 15 is 0 Å². The molecule has 0 aromatic carbocycles. The molecule has 3 rings (SSSR count). The van der Waals surface area contributed by atoms with Gasteiger partial charge in [0.2, 0.25) is 0 Å². The highest BCUT2D eigenvalue weighted by Gasteiger charge is 2.47. The molecule has 0 bridgehead atoms. The van der Waals surface area contributed by atoms with Crippen molar-refractivity contribution < 1.29 is 0 Å². The zero-order valence-corrected chi connectivity index (χ0v) is 12.7. The van der Waals surface area contributed by atoms with Gasteiger partial charge in [-0.15, -0.1) is 0 Å². The van der Waals surface area contributed by atoms with Gasteiger partial charge in [-0.1, -0.05) is 26.2 Å². The maximum Gasteiger partial charge on any atom is 0.0126 e. The molecule has 2 heteroatoms. The lowest BCUT2D eigenvalue weighted by Gasteiger charge is -2.53. The molecule has 0 radical (unpaired) electrons. The summed E-state index contributed by atoms with van der Waals surface area (Å²) < 4.78 is 0. The summed E-state index contributed by atoms with van der Waals surface area (Å²) in [6, 6.07) is 1.73. The molecule has 3 aliphatic carbocycles. The van der Waals surface area contributed by atoms with E-state index < -0.39 is 0 Å². The first-order chi connectivity index (χ1) is 8.82. The fourth-order valence-corrected chi connectivity index (χ4v) is 5.72. The van der Waals surface area contributed by atoms with E-state index in [1.54, 1.807) is 0 Å². The van der Waals surface area contributed by atoms with Crippen molar-refractivity contribution in [2.45, 2.75) is 88.5 Å². The number of hydrogen-bond donors (Lipinski definition) is 1. The van der Waals surface area contributed by atoms with Crippen molar-refractivity contribution in [1.29, 1.82) is 0 Å². The summed E-state index contributed by atoms with van der Waals surface area (Å²) in [5.74, 6) is 1.30. The highest BCUT2D eigenvalue weighted by molar-refractivity contribution is 7.99. The topological polar surface area (TPSA) is 12.0 Å². The van der Waals surface area contributed by atoms with Crippen LogP contribution in [-0.4, -0.2) is 23.1 Å². The van der Waals surface area contributed by atoms with Crippen LogP contribution in [0.1, 0.15) is 71.1 Å². The van der Waals surface area contributed by atoms with E-state index in [2.05, 4.69) is 24.0 Å². The SMILES string of the molecule is CCSC1CCC(NC2CCC23CCCCC3)C1. The summed E-state index contributed by atoms with van der Waals surface area (Å²) in [6.45, 7) is 2.30. The van der Waals surface area contributed by atoms with Gasteiger partial charge in [-0.05, 0) is 56.1 Å². The smallest absolute Gasteiger partial charge is 0.0126 e. The van der Waals surface area contributed by atoms with E-state index in [-0.39, 0.29) is 0 Å². The summed E-state index contributed by atoms with van der Waals surface area (Å²) in [4.78, 5) is 0. The average Bonchev–Trinajstić information content (AvgIpc) is 2.84. The van der Waals surface area contributed by atoms with E-state index in [0.717, 1.165) is 22.7 Å². The Balaban J connectivity index is 1.48. The van der Waals surface area contributed by atoms with Gasteiger partial charge < -0.3 is 5.32 Å². The molecule has 1 N–H and O–H groups in total. The van der Waals surface area contributed by atoms with Crippen LogP contribution in [0.5, 0.6) is 0 Å². The van der Waals surface area contributed by atoms with Crippen molar-refractivity contribution in [3.05, 3.63) is 0 Å². The molecule has 0 aromatic rings. The van der Waals surface area contributed by atoms with Crippen LogP contribution < -0.4 is 5.32 Å². The van der Waals surface area contributed by atoms with Crippen LogP contribution in [0.25, 0.3) is 0 Å². The second kappa shape index (κ2) is 5.75. The molecule has 1 nitrogen and oxygen atoms in total. The molecule has 3 unspecified atom stereocenters. The van der Waals surface area contributed by atoms with Crippen LogP contribution in [0.15, 0.2) is 0 Å². The Bertz CT molecular complexity index is 272. The van der Waals surface area contributed by atoms with Gasteiger partial charge in [0.1, 0.15) is 0 Å². The minimum atomic E-state index is 0.744. The molecule has 0 heterocycles. The average molecular weight is 267 g/mol. The molecule has 0 amide bonds. The third kappa shape index (κ3) is 2.60. The summed E-state index contributed by atoms with van der Waals surface area (Å²) in [5, 5.41) is 5.00. The van der Waals surface area contributed by atoms with Gasteiger partial charge in [0.05, 0.1) is 0 Å². The predicted octanol–water partition coefficient (Wildman–Crippen LogP) is 4.36. The van der Waals surface area contributed by atoms with Gasteiger partial charge in [0.15, 0.2) is 0 Å². The normalized spacial score (nSPS) is 38.8. The van der Waals surface area contributed by atoms with Gasteiger partial charge in [-0.25, -0.2) is 0 Å². The van der Waals surface area contributed by atoms with Gasteiger partial charge in [-0.2, -0.15) is 11.8 Å². The Morgan fingerprint density at radius 1 is 1.06 bits per heavy atom. The Morgan fingerprint density at radius 2 is 1.89 bits per heavy atom. The molecule has 1 spiro atoms. The van der Waals surface area contributed by atoms with Crippen LogP contribution in [0, 0.1) is 5.41 Å².